The molecule has 0 bridgehead atoms. The van der Waals surface area contributed by atoms with E-state index >= 15 is 0 Å². The number of pyridine rings is 1. The second-order valence-corrected chi connectivity index (χ2v) is 7.30. The van der Waals surface area contributed by atoms with Crippen LogP contribution in [0.25, 0.3) is 0 Å². The van der Waals surface area contributed by atoms with Crippen LogP contribution in [0.15, 0.2) is 42.6 Å². The maximum atomic E-state index is 12.5. The molecule has 1 saturated carbocycles. The lowest BCUT2D eigenvalue weighted by atomic mass is 10.1. The standard InChI is InChI=1S/C22H26N4O3/c1-15(27)24-18-8-10-19(11-9-18)25-21(28)16-12-13-23-20(14-16)22(29)26-17-6-4-2-3-5-7-17/h8-14,17H,2-7H2,1H3,(H,24,27)(H,25,28)(H,26,29). The van der Waals surface area contributed by atoms with E-state index in [1.807, 2.05) is 0 Å². The smallest absolute Gasteiger partial charge is 0.270 e. The first kappa shape index (κ1) is 20.5. The number of hydrogen-bond donors (Lipinski definition) is 3. The molecule has 152 valence electrons. The van der Waals surface area contributed by atoms with Crippen LogP contribution in [-0.4, -0.2) is 28.7 Å². The number of carbonyl (C=O) groups excluding carboxylic acids is 3. The number of carbonyl (C=O) groups is 3. The van der Waals surface area contributed by atoms with Crippen LogP contribution in [0, 0.1) is 0 Å². The molecule has 0 spiro atoms. The summed E-state index contributed by atoms with van der Waals surface area (Å²) in [7, 11) is 0. The monoisotopic (exact) mass is 394 g/mol. The molecule has 1 aliphatic rings. The summed E-state index contributed by atoms with van der Waals surface area (Å²) in [6, 6.07) is 10.1. The molecule has 1 aromatic carbocycles. The van der Waals surface area contributed by atoms with E-state index in [9.17, 15) is 14.4 Å². The van der Waals surface area contributed by atoms with Crippen molar-refractivity contribution in [2.75, 3.05) is 10.6 Å². The lowest BCUT2D eigenvalue weighted by Crippen LogP contribution is -2.35. The van der Waals surface area contributed by atoms with E-state index in [0.717, 1.165) is 25.7 Å². The summed E-state index contributed by atoms with van der Waals surface area (Å²) in [4.78, 5) is 40.3. The first-order valence-electron chi connectivity index (χ1n) is 9.97. The average Bonchev–Trinajstić information content (AvgIpc) is 2.98. The topological polar surface area (TPSA) is 100 Å². The molecule has 7 nitrogen and oxygen atoms in total. The summed E-state index contributed by atoms with van der Waals surface area (Å²) < 4.78 is 0. The highest BCUT2D eigenvalue weighted by Gasteiger charge is 2.17. The van der Waals surface area contributed by atoms with Crippen LogP contribution < -0.4 is 16.0 Å². The van der Waals surface area contributed by atoms with Gasteiger partial charge in [0.15, 0.2) is 0 Å². The first-order chi connectivity index (χ1) is 14.0. The molecule has 0 saturated heterocycles. The third-order valence-corrected chi connectivity index (χ3v) is 4.91. The fourth-order valence-corrected chi connectivity index (χ4v) is 3.42. The predicted molar refractivity (Wildman–Crippen MR) is 112 cm³/mol. The minimum absolute atomic E-state index is 0.159. The van der Waals surface area contributed by atoms with E-state index < -0.39 is 0 Å². The zero-order valence-corrected chi connectivity index (χ0v) is 16.5. The molecule has 3 rings (SSSR count). The summed E-state index contributed by atoms with van der Waals surface area (Å²) in [6.45, 7) is 1.43. The van der Waals surface area contributed by atoms with Crippen molar-refractivity contribution in [2.45, 2.75) is 51.5 Å². The lowest BCUT2D eigenvalue weighted by molar-refractivity contribution is -0.114. The van der Waals surface area contributed by atoms with Crippen LogP contribution in [0.5, 0.6) is 0 Å². The van der Waals surface area contributed by atoms with Gasteiger partial charge in [0.25, 0.3) is 11.8 Å². The van der Waals surface area contributed by atoms with Crippen LogP contribution in [0.1, 0.15) is 66.3 Å². The SMILES string of the molecule is CC(=O)Nc1ccc(NC(=O)c2ccnc(C(=O)NC3CCCCCC3)c2)cc1. The molecule has 3 amide bonds. The summed E-state index contributed by atoms with van der Waals surface area (Å²) in [5.41, 5.74) is 1.84. The van der Waals surface area contributed by atoms with Gasteiger partial charge in [0.05, 0.1) is 0 Å². The molecule has 7 heteroatoms. The molecule has 0 atom stereocenters. The summed E-state index contributed by atoms with van der Waals surface area (Å²) >= 11 is 0. The Hall–Kier alpha value is -3.22. The maximum absolute atomic E-state index is 12.5. The number of nitrogens with zero attached hydrogens (tertiary/aromatic N) is 1. The van der Waals surface area contributed by atoms with Crippen LogP contribution >= 0.6 is 0 Å². The third kappa shape index (κ3) is 6.14. The Morgan fingerprint density at radius 3 is 2.10 bits per heavy atom. The molecule has 1 fully saturated rings. The van der Waals surface area contributed by atoms with Gasteiger partial charge in [0.1, 0.15) is 5.69 Å². The minimum Gasteiger partial charge on any atom is -0.348 e. The van der Waals surface area contributed by atoms with Crippen molar-refractivity contribution in [3.63, 3.8) is 0 Å². The summed E-state index contributed by atoms with van der Waals surface area (Å²) in [6.07, 6.45) is 8.12. The fourth-order valence-electron chi connectivity index (χ4n) is 3.42. The molecule has 3 N–H and O–H groups in total. The van der Waals surface area contributed by atoms with Gasteiger partial charge >= 0.3 is 0 Å². The summed E-state index contributed by atoms with van der Waals surface area (Å²) in [5, 5.41) is 8.50. The van der Waals surface area contributed by atoms with Gasteiger partial charge in [-0.3, -0.25) is 19.4 Å². The molecule has 1 heterocycles. The lowest BCUT2D eigenvalue weighted by Gasteiger charge is -2.16. The number of rotatable bonds is 5. The van der Waals surface area contributed by atoms with Gasteiger partial charge in [-0.05, 0) is 49.2 Å². The van der Waals surface area contributed by atoms with E-state index in [1.54, 1.807) is 30.3 Å². The average molecular weight is 394 g/mol. The van der Waals surface area contributed by atoms with Crippen molar-refractivity contribution >= 4 is 29.1 Å². The highest BCUT2D eigenvalue weighted by molar-refractivity contribution is 6.05. The van der Waals surface area contributed by atoms with Gasteiger partial charge < -0.3 is 16.0 Å². The van der Waals surface area contributed by atoms with E-state index in [4.69, 9.17) is 0 Å². The van der Waals surface area contributed by atoms with E-state index in [2.05, 4.69) is 20.9 Å². The van der Waals surface area contributed by atoms with Crippen molar-refractivity contribution in [1.29, 1.82) is 0 Å². The van der Waals surface area contributed by atoms with Crippen molar-refractivity contribution in [3.8, 4) is 0 Å². The second-order valence-electron chi connectivity index (χ2n) is 7.30. The Labute approximate surface area is 170 Å². The normalized spacial score (nSPS) is 14.5. The Morgan fingerprint density at radius 1 is 0.862 bits per heavy atom. The second kappa shape index (κ2) is 9.82. The van der Waals surface area contributed by atoms with Crippen molar-refractivity contribution < 1.29 is 14.4 Å². The number of benzene rings is 1. The highest BCUT2D eigenvalue weighted by atomic mass is 16.2. The van der Waals surface area contributed by atoms with Crippen LogP contribution in [0.4, 0.5) is 11.4 Å². The van der Waals surface area contributed by atoms with Gasteiger partial charge in [0, 0.05) is 36.1 Å². The Kier molecular flexibility index (Phi) is 6.94. The molecular formula is C22H26N4O3. The van der Waals surface area contributed by atoms with Gasteiger partial charge in [0.2, 0.25) is 5.91 Å². The van der Waals surface area contributed by atoms with E-state index in [0.29, 0.717) is 16.9 Å². The highest BCUT2D eigenvalue weighted by Crippen LogP contribution is 2.18. The molecule has 2 aromatic rings. The minimum atomic E-state index is -0.330. The molecule has 0 aliphatic heterocycles. The number of anilines is 2. The summed E-state index contributed by atoms with van der Waals surface area (Å²) in [5.74, 6) is -0.734. The number of hydrogen-bond acceptors (Lipinski definition) is 4. The Morgan fingerprint density at radius 2 is 1.48 bits per heavy atom. The zero-order valence-electron chi connectivity index (χ0n) is 16.5. The number of nitrogens with one attached hydrogen (secondary N) is 3. The van der Waals surface area contributed by atoms with Gasteiger partial charge in [-0.1, -0.05) is 25.7 Å². The molecule has 0 unspecified atom stereocenters. The number of amides is 3. The third-order valence-electron chi connectivity index (χ3n) is 4.91. The van der Waals surface area contributed by atoms with Crippen LogP contribution in [0.2, 0.25) is 0 Å². The fraction of sp³-hybridized carbons (Fsp3) is 0.364. The molecule has 1 aliphatic carbocycles. The zero-order chi connectivity index (χ0) is 20.6. The largest absolute Gasteiger partial charge is 0.348 e. The van der Waals surface area contributed by atoms with Crippen molar-refractivity contribution in [3.05, 3.63) is 53.9 Å². The molecule has 1 aromatic heterocycles. The van der Waals surface area contributed by atoms with Gasteiger partial charge in [-0.25, -0.2) is 0 Å². The predicted octanol–water partition coefficient (Wildman–Crippen LogP) is 3.74. The first-order valence-corrected chi connectivity index (χ1v) is 9.97. The molecule has 29 heavy (non-hydrogen) atoms. The van der Waals surface area contributed by atoms with Gasteiger partial charge in [-0.2, -0.15) is 0 Å². The van der Waals surface area contributed by atoms with Gasteiger partial charge in [-0.15, -0.1) is 0 Å². The van der Waals surface area contributed by atoms with E-state index in [1.165, 1.54) is 32.0 Å². The van der Waals surface area contributed by atoms with Crippen LogP contribution in [0.3, 0.4) is 0 Å². The van der Waals surface area contributed by atoms with E-state index in [-0.39, 0.29) is 29.5 Å². The maximum Gasteiger partial charge on any atom is 0.270 e. The molecular weight excluding hydrogens is 368 g/mol. The van der Waals surface area contributed by atoms with Crippen molar-refractivity contribution in [1.82, 2.24) is 10.3 Å². The number of aromatic nitrogens is 1. The van der Waals surface area contributed by atoms with Crippen molar-refractivity contribution in [2.24, 2.45) is 0 Å². The molecule has 0 radical (unpaired) electrons. The van der Waals surface area contributed by atoms with Crippen LogP contribution in [-0.2, 0) is 4.79 Å². The Balaban J connectivity index is 1.62. The quantitative estimate of drug-likeness (QED) is 0.673. The Bertz CT molecular complexity index is 872.